The van der Waals surface area contributed by atoms with Gasteiger partial charge in [0.15, 0.2) is 0 Å². The van der Waals surface area contributed by atoms with Crippen LogP contribution in [0.15, 0.2) is 18.2 Å². The number of anilines is 1. The first-order valence-electron chi connectivity index (χ1n) is 6.99. The number of carbonyl (C=O) groups is 2. The normalized spacial score (nSPS) is 18.4. The van der Waals surface area contributed by atoms with Crippen molar-refractivity contribution in [2.75, 3.05) is 18.9 Å². The summed E-state index contributed by atoms with van der Waals surface area (Å²) < 4.78 is 0. The van der Waals surface area contributed by atoms with Crippen molar-refractivity contribution >= 4 is 17.5 Å². The first-order valence-corrected chi connectivity index (χ1v) is 6.99. The van der Waals surface area contributed by atoms with E-state index in [0.717, 1.165) is 31.4 Å². The molecule has 0 radical (unpaired) electrons. The number of piperidine rings is 1. The van der Waals surface area contributed by atoms with Crippen molar-refractivity contribution in [2.24, 2.45) is 0 Å². The SMILES string of the molecule is CNC(=O)c1cccc(NC(=O)C2CCCCN2)c1C. The highest BCUT2D eigenvalue weighted by molar-refractivity contribution is 6.00. The van der Waals surface area contributed by atoms with E-state index in [9.17, 15) is 9.59 Å². The smallest absolute Gasteiger partial charge is 0.251 e. The maximum atomic E-state index is 12.2. The zero-order valence-corrected chi connectivity index (χ0v) is 12.0. The van der Waals surface area contributed by atoms with Crippen molar-refractivity contribution in [2.45, 2.75) is 32.2 Å². The zero-order valence-electron chi connectivity index (χ0n) is 12.0. The summed E-state index contributed by atoms with van der Waals surface area (Å²) >= 11 is 0. The predicted molar refractivity (Wildman–Crippen MR) is 78.8 cm³/mol. The van der Waals surface area contributed by atoms with Crippen molar-refractivity contribution in [1.82, 2.24) is 10.6 Å². The van der Waals surface area contributed by atoms with Gasteiger partial charge in [-0.05, 0) is 44.0 Å². The quantitative estimate of drug-likeness (QED) is 0.781. The van der Waals surface area contributed by atoms with Crippen LogP contribution in [0.25, 0.3) is 0 Å². The number of rotatable bonds is 3. The Kier molecular flexibility index (Phi) is 4.74. The summed E-state index contributed by atoms with van der Waals surface area (Å²) in [4.78, 5) is 23.9. The summed E-state index contributed by atoms with van der Waals surface area (Å²) in [7, 11) is 1.60. The van der Waals surface area contributed by atoms with Crippen LogP contribution in [0, 0.1) is 6.92 Å². The molecule has 20 heavy (non-hydrogen) atoms. The Morgan fingerprint density at radius 3 is 2.75 bits per heavy atom. The Labute approximate surface area is 119 Å². The molecule has 1 aromatic carbocycles. The molecule has 1 saturated heterocycles. The van der Waals surface area contributed by atoms with Crippen LogP contribution in [-0.4, -0.2) is 31.4 Å². The molecule has 0 saturated carbocycles. The van der Waals surface area contributed by atoms with Gasteiger partial charge in [0.1, 0.15) is 0 Å². The fourth-order valence-electron chi connectivity index (χ4n) is 2.45. The van der Waals surface area contributed by atoms with Gasteiger partial charge in [0, 0.05) is 18.3 Å². The number of hydrogen-bond donors (Lipinski definition) is 3. The molecule has 2 rings (SSSR count). The summed E-state index contributed by atoms with van der Waals surface area (Å²) in [5, 5.41) is 8.74. The summed E-state index contributed by atoms with van der Waals surface area (Å²) in [5.74, 6) is -0.170. The lowest BCUT2D eigenvalue weighted by Crippen LogP contribution is -2.43. The van der Waals surface area contributed by atoms with Crippen molar-refractivity contribution in [1.29, 1.82) is 0 Å². The lowest BCUT2D eigenvalue weighted by Gasteiger charge is -2.23. The zero-order chi connectivity index (χ0) is 14.5. The van der Waals surface area contributed by atoms with E-state index in [4.69, 9.17) is 0 Å². The van der Waals surface area contributed by atoms with Crippen LogP contribution >= 0.6 is 0 Å². The molecule has 1 atom stereocenters. The molecule has 5 heteroatoms. The Hall–Kier alpha value is -1.88. The highest BCUT2D eigenvalue weighted by Crippen LogP contribution is 2.20. The van der Waals surface area contributed by atoms with Crippen molar-refractivity contribution in [3.05, 3.63) is 29.3 Å². The van der Waals surface area contributed by atoms with Gasteiger partial charge in [0.25, 0.3) is 5.91 Å². The van der Waals surface area contributed by atoms with Gasteiger partial charge in [-0.25, -0.2) is 0 Å². The summed E-state index contributed by atoms with van der Waals surface area (Å²) in [6, 6.07) is 5.22. The molecule has 1 aliphatic heterocycles. The predicted octanol–water partition coefficient (Wildman–Crippen LogP) is 1.44. The molecule has 1 fully saturated rings. The Bertz CT molecular complexity index is 508. The number of benzene rings is 1. The van der Waals surface area contributed by atoms with Crippen LogP contribution in [0.3, 0.4) is 0 Å². The summed E-state index contributed by atoms with van der Waals surface area (Å²) in [5.41, 5.74) is 2.07. The average Bonchev–Trinajstić information content (AvgIpc) is 2.49. The van der Waals surface area contributed by atoms with Crippen LogP contribution in [-0.2, 0) is 4.79 Å². The third-order valence-electron chi connectivity index (χ3n) is 3.69. The fourth-order valence-corrected chi connectivity index (χ4v) is 2.45. The number of amides is 2. The fraction of sp³-hybridized carbons (Fsp3) is 0.467. The Morgan fingerprint density at radius 1 is 1.30 bits per heavy atom. The molecule has 2 amide bonds. The van der Waals surface area contributed by atoms with Gasteiger partial charge in [0.05, 0.1) is 6.04 Å². The molecular formula is C15H21N3O2. The first kappa shape index (κ1) is 14.5. The Balaban J connectivity index is 2.12. The van der Waals surface area contributed by atoms with Gasteiger partial charge in [0.2, 0.25) is 5.91 Å². The topological polar surface area (TPSA) is 70.2 Å². The number of hydrogen-bond acceptors (Lipinski definition) is 3. The molecule has 5 nitrogen and oxygen atoms in total. The van der Waals surface area contributed by atoms with Gasteiger partial charge in [-0.3, -0.25) is 9.59 Å². The van der Waals surface area contributed by atoms with Crippen LogP contribution < -0.4 is 16.0 Å². The molecular weight excluding hydrogens is 254 g/mol. The molecule has 3 N–H and O–H groups in total. The van der Waals surface area contributed by atoms with Crippen LogP contribution in [0.2, 0.25) is 0 Å². The van der Waals surface area contributed by atoms with E-state index in [0.29, 0.717) is 11.3 Å². The van der Waals surface area contributed by atoms with Gasteiger partial charge in [-0.2, -0.15) is 0 Å². The summed E-state index contributed by atoms with van der Waals surface area (Å²) in [6.07, 6.45) is 3.05. The first-order chi connectivity index (χ1) is 9.63. The van der Waals surface area contributed by atoms with E-state index in [1.165, 1.54) is 0 Å². The second kappa shape index (κ2) is 6.52. The standard InChI is InChI=1S/C15H21N3O2/c1-10-11(14(19)16-2)6-5-8-12(10)18-15(20)13-7-3-4-9-17-13/h5-6,8,13,17H,3-4,7,9H2,1-2H3,(H,16,19)(H,18,20). The van der Waals surface area contributed by atoms with Crippen LogP contribution in [0.5, 0.6) is 0 Å². The van der Waals surface area contributed by atoms with Crippen molar-refractivity contribution < 1.29 is 9.59 Å². The van der Waals surface area contributed by atoms with E-state index in [1.54, 1.807) is 19.2 Å². The van der Waals surface area contributed by atoms with E-state index >= 15 is 0 Å². The number of carbonyl (C=O) groups excluding carboxylic acids is 2. The molecule has 0 aromatic heterocycles. The molecule has 0 aliphatic carbocycles. The van der Waals surface area contributed by atoms with E-state index in [1.807, 2.05) is 13.0 Å². The monoisotopic (exact) mass is 275 g/mol. The lowest BCUT2D eigenvalue weighted by molar-refractivity contribution is -0.118. The van der Waals surface area contributed by atoms with E-state index in [2.05, 4.69) is 16.0 Å². The van der Waals surface area contributed by atoms with Gasteiger partial charge >= 0.3 is 0 Å². The molecule has 0 bridgehead atoms. The van der Waals surface area contributed by atoms with Crippen molar-refractivity contribution in [3.63, 3.8) is 0 Å². The molecule has 1 heterocycles. The maximum absolute atomic E-state index is 12.2. The van der Waals surface area contributed by atoms with Crippen molar-refractivity contribution in [3.8, 4) is 0 Å². The van der Waals surface area contributed by atoms with Crippen LogP contribution in [0.1, 0.15) is 35.2 Å². The Morgan fingerprint density at radius 2 is 2.10 bits per heavy atom. The molecule has 0 spiro atoms. The molecule has 1 aromatic rings. The summed E-state index contributed by atoms with van der Waals surface area (Å²) in [6.45, 7) is 2.73. The van der Waals surface area contributed by atoms with Crippen LogP contribution in [0.4, 0.5) is 5.69 Å². The highest BCUT2D eigenvalue weighted by atomic mass is 16.2. The minimum absolute atomic E-state index is 0.0261. The maximum Gasteiger partial charge on any atom is 0.251 e. The van der Waals surface area contributed by atoms with Gasteiger partial charge in [-0.1, -0.05) is 12.5 Å². The number of nitrogens with one attached hydrogen (secondary N) is 3. The largest absolute Gasteiger partial charge is 0.355 e. The minimum Gasteiger partial charge on any atom is -0.355 e. The third-order valence-corrected chi connectivity index (χ3v) is 3.69. The lowest BCUT2D eigenvalue weighted by atomic mass is 10.0. The van der Waals surface area contributed by atoms with Gasteiger partial charge < -0.3 is 16.0 Å². The molecule has 108 valence electrons. The molecule has 1 aliphatic rings. The second-order valence-electron chi connectivity index (χ2n) is 5.05. The molecule has 1 unspecified atom stereocenters. The van der Waals surface area contributed by atoms with E-state index in [-0.39, 0.29) is 17.9 Å². The van der Waals surface area contributed by atoms with E-state index < -0.39 is 0 Å². The highest BCUT2D eigenvalue weighted by Gasteiger charge is 2.21. The average molecular weight is 275 g/mol. The third kappa shape index (κ3) is 3.17. The van der Waals surface area contributed by atoms with Gasteiger partial charge in [-0.15, -0.1) is 0 Å². The second-order valence-corrected chi connectivity index (χ2v) is 5.05. The minimum atomic E-state index is -0.144.